The van der Waals surface area contributed by atoms with Gasteiger partial charge in [-0.1, -0.05) is 6.92 Å². The summed E-state index contributed by atoms with van der Waals surface area (Å²) >= 11 is 0. The molecule has 44 heavy (non-hydrogen) atoms. The third kappa shape index (κ3) is 3.04. The van der Waals surface area contributed by atoms with Gasteiger partial charge in [0.15, 0.2) is 5.78 Å². The summed E-state index contributed by atoms with van der Waals surface area (Å²) in [6, 6.07) is 3.83. The molecular formula is C31H30O13. The number of phenols is 2. The van der Waals surface area contributed by atoms with Crippen LogP contribution in [0.4, 0.5) is 0 Å². The molecule has 2 aliphatic carbocycles. The predicted molar refractivity (Wildman–Crippen MR) is 145 cm³/mol. The normalized spacial score (nSPS) is 36.6. The second kappa shape index (κ2) is 8.93. The molecular weight excluding hydrogens is 580 g/mol. The summed E-state index contributed by atoms with van der Waals surface area (Å²) < 4.78 is 22.4. The molecule has 2 aromatic rings. The van der Waals surface area contributed by atoms with Crippen LogP contribution in [-0.2, 0) is 19.1 Å². The number of benzene rings is 2. The van der Waals surface area contributed by atoms with Crippen molar-refractivity contribution in [3.8, 4) is 34.1 Å². The minimum Gasteiger partial charge on any atom is -0.507 e. The van der Waals surface area contributed by atoms with Crippen molar-refractivity contribution < 1.29 is 63.7 Å². The average molecular weight is 611 g/mol. The van der Waals surface area contributed by atoms with Crippen molar-refractivity contribution in [1.82, 2.24) is 0 Å². The van der Waals surface area contributed by atoms with Gasteiger partial charge in [0.25, 0.3) is 5.60 Å². The van der Waals surface area contributed by atoms with E-state index in [-0.39, 0.29) is 53.0 Å². The van der Waals surface area contributed by atoms with Crippen LogP contribution >= 0.6 is 0 Å². The highest BCUT2D eigenvalue weighted by molar-refractivity contribution is 6.16. The molecule has 1 saturated heterocycles. The van der Waals surface area contributed by atoms with Crippen molar-refractivity contribution in [2.24, 2.45) is 11.8 Å². The van der Waals surface area contributed by atoms with E-state index in [2.05, 4.69) is 0 Å². The molecule has 13 heteroatoms. The molecule has 5 aliphatic rings. The van der Waals surface area contributed by atoms with Gasteiger partial charge in [0, 0.05) is 11.1 Å². The zero-order valence-corrected chi connectivity index (χ0v) is 23.9. The lowest BCUT2D eigenvalue weighted by Crippen LogP contribution is -2.76. The van der Waals surface area contributed by atoms with Crippen LogP contribution in [0.5, 0.6) is 23.0 Å². The van der Waals surface area contributed by atoms with Crippen LogP contribution in [0.3, 0.4) is 0 Å². The predicted octanol–water partition coefficient (Wildman–Crippen LogP) is 1.09. The summed E-state index contributed by atoms with van der Waals surface area (Å²) in [6.45, 7) is 3.15. The number of fused-ring (bicyclic) bond motifs is 3. The van der Waals surface area contributed by atoms with Crippen LogP contribution in [0.25, 0.3) is 11.1 Å². The molecule has 0 aromatic heterocycles. The van der Waals surface area contributed by atoms with E-state index in [9.17, 15) is 44.7 Å². The van der Waals surface area contributed by atoms with Gasteiger partial charge in [0.1, 0.15) is 52.4 Å². The van der Waals surface area contributed by atoms with Crippen LogP contribution in [0, 0.1) is 18.8 Å². The smallest absolute Gasteiger partial charge is 0.357 e. The molecule has 232 valence electrons. The highest BCUT2D eigenvalue weighted by Gasteiger charge is 2.81. The Bertz CT molecular complexity index is 1700. The molecule has 3 aliphatic heterocycles. The zero-order chi connectivity index (χ0) is 31.7. The van der Waals surface area contributed by atoms with E-state index in [4.69, 9.17) is 18.9 Å². The third-order valence-electron chi connectivity index (χ3n) is 10.2. The Kier molecular flexibility index (Phi) is 5.80. The molecule has 2 saturated carbocycles. The Morgan fingerprint density at radius 3 is 2.48 bits per heavy atom. The quantitative estimate of drug-likeness (QED) is 0.302. The molecule has 3 fully saturated rings. The van der Waals surface area contributed by atoms with E-state index >= 15 is 0 Å². The number of ketones is 2. The minimum atomic E-state index is -2.66. The van der Waals surface area contributed by atoms with Gasteiger partial charge in [0.2, 0.25) is 17.0 Å². The Balaban J connectivity index is 1.45. The topological polar surface area (TPSA) is 206 Å². The average Bonchev–Trinajstić information content (AvgIpc) is 3.14. The maximum atomic E-state index is 14.1. The number of carbonyl (C=O) groups is 4. The molecule has 5 N–H and O–H groups in total. The summed E-state index contributed by atoms with van der Waals surface area (Å²) in [5, 5.41) is 56.4. The summed E-state index contributed by atoms with van der Waals surface area (Å²) in [4.78, 5) is 54.2. The van der Waals surface area contributed by atoms with E-state index in [0.29, 0.717) is 6.42 Å². The number of rotatable bonds is 2. The van der Waals surface area contributed by atoms with Gasteiger partial charge < -0.3 is 44.5 Å². The Morgan fingerprint density at radius 1 is 1.05 bits per heavy atom. The van der Waals surface area contributed by atoms with Crippen molar-refractivity contribution in [2.75, 3.05) is 7.11 Å². The van der Waals surface area contributed by atoms with Crippen LogP contribution in [0.15, 0.2) is 18.2 Å². The number of methoxy groups -OCH3 is 1. The van der Waals surface area contributed by atoms with Crippen molar-refractivity contribution in [3.05, 3.63) is 34.9 Å². The first-order valence-electron chi connectivity index (χ1n) is 14.3. The van der Waals surface area contributed by atoms with Crippen LogP contribution < -0.4 is 9.47 Å². The highest BCUT2D eigenvalue weighted by atomic mass is 16.6. The molecule has 8 unspecified atom stereocenters. The number of hydrogen-bond donors (Lipinski definition) is 5. The number of ether oxygens (including phenoxy) is 4. The molecule has 3 heterocycles. The maximum absolute atomic E-state index is 14.1. The number of phenolic OH excluding ortho intramolecular Hbond substituents is 2. The molecule has 2 aromatic carbocycles. The molecule has 0 amide bonds. The minimum absolute atomic E-state index is 0.0126. The third-order valence-corrected chi connectivity index (χ3v) is 10.2. The molecule has 13 nitrogen and oxygen atoms in total. The van der Waals surface area contributed by atoms with Gasteiger partial charge in [-0.2, -0.15) is 0 Å². The number of aromatic hydroxyl groups is 2. The molecule has 0 spiro atoms. The first-order valence-corrected chi connectivity index (χ1v) is 14.3. The van der Waals surface area contributed by atoms with Gasteiger partial charge in [-0.05, 0) is 62.3 Å². The van der Waals surface area contributed by atoms with E-state index in [1.807, 2.05) is 0 Å². The van der Waals surface area contributed by atoms with E-state index in [1.165, 1.54) is 25.1 Å². The monoisotopic (exact) mass is 610 g/mol. The Hall–Kier alpha value is -4.20. The summed E-state index contributed by atoms with van der Waals surface area (Å²) in [5.41, 5.74) is -7.86. The largest absolute Gasteiger partial charge is 0.507 e. The van der Waals surface area contributed by atoms with Gasteiger partial charge in [-0.3, -0.25) is 9.59 Å². The maximum Gasteiger partial charge on any atom is 0.357 e. The standard InChI is InChI=1S/C31H30O13/c1-11-9-15(32)20-23(35)14-5-4-6-17(33)29(14,27(38)41-3)44-24(20)19(11)13-7-8-16-21(22(13)34)26(37)30(40)18-10-12(2)25(36)31(30,43-16)28(39)42-18/h7-9,12,14,17-18,25,32-34,36,40H,4-6,10H2,1-3H3. The van der Waals surface area contributed by atoms with Gasteiger partial charge in [-0.25, -0.2) is 9.59 Å². The fourth-order valence-electron chi connectivity index (χ4n) is 7.98. The summed E-state index contributed by atoms with van der Waals surface area (Å²) in [6.07, 6.45) is -3.73. The van der Waals surface area contributed by atoms with E-state index in [1.54, 1.807) is 6.92 Å². The lowest BCUT2D eigenvalue weighted by molar-refractivity contribution is -0.192. The number of aryl methyl sites for hydroxylation is 1. The van der Waals surface area contributed by atoms with Gasteiger partial charge in [-0.15, -0.1) is 0 Å². The lowest BCUT2D eigenvalue weighted by atomic mass is 9.62. The number of esters is 2. The van der Waals surface area contributed by atoms with Crippen LogP contribution in [0.1, 0.15) is 58.9 Å². The number of aliphatic hydroxyl groups is 3. The second-order valence-corrected chi connectivity index (χ2v) is 12.4. The van der Waals surface area contributed by atoms with Crippen LogP contribution in [-0.4, -0.2) is 91.3 Å². The second-order valence-electron chi connectivity index (χ2n) is 12.4. The first kappa shape index (κ1) is 28.6. The highest BCUT2D eigenvalue weighted by Crippen LogP contribution is 2.59. The van der Waals surface area contributed by atoms with Crippen molar-refractivity contribution >= 4 is 23.5 Å². The fourth-order valence-corrected chi connectivity index (χ4v) is 7.98. The van der Waals surface area contributed by atoms with Crippen molar-refractivity contribution in [2.45, 2.75) is 74.6 Å². The summed E-state index contributed by atoms with van der Waals surface area (Å²) in [5.74, 6) is -7.40. The van der Waals surface area contributed by atoms with Crippen molar-refractivity contribution in [1.29, 1.82) is 0 Å². The molecule has 8 atom stereocenters. The first-order chi connectivity index (χ1) is 20.8. The SMILES string of the molecule is COC(=O)C12Oc3c(c(O)cc(C)c3-c3ccc4c(c3O)C(=O)C3(O)C5CC(C)C(O)C3(O4)C(=O)O5)C(=O)C1CCCC2O. The molecule has 7 rings (SSSR count). The van der Waals surface area contributed by atoms with Crippen LogP contribution in [0.2, 0.25) is 0 Å². The van der Waals surface area contributed by atoms with E-state index in [0.717, 1.165) is 7.11 Å². The van der Waals surface area contributed by atoms with Gasteiger partial charge in [0.05, 0.1) is 13.0 Å². The fraction of sp³-hybridized carbons (Fsp3) is 0.484. The van der Waals surface area contributed by atoms with Gasteiger partial charge >= 0.3 is 11.9 Å². The van der Waals surface area contributed by atoms with Crippen molar-refractivity contribution in [3.63, 3.8) is 0 Å². The Labute approximate surface area is 249 Å². The number of carbonyl (C=O) groups excluding carboxylic acids is 4. The molecule has 2 bridgehead atoms. The number of Topliss-reactive ketones (excluding diaryl/α,β-unsaturated/α-hetero) is 2. The Morgan fingerprint density at radius 2 is 1.77 bits per heavy atom. The zero-order valence-electron chi connectivity index (χ0n) is 23.9. The van der Waals surface area contributed by atoms with E-state index < -0.39 is 87.5 Å². The summed E-state index contributed by atoms with van der Waals surface area (Å²) in [7, 11) is 1.09. The molecule has 0 radical (unpaired) electrons. The number of aliphatic hydroxyl groups excluding tert-OH is 2. The number of hydrogen-bond acceptors (Lipinski definition) is 13. The lowest BCUT2D eigenvalue weighted by Gasteiger charge is -2.49.